The van der Waals surface area contributed by atoms with Crippen LogP contribution in [-0.4, -0.2) is 22.6 Å². The predicted molar refractivity (Wildman–Crippen MR) is 73.4 cm³/mol. The fraction of sp³-hybridized carbons (Fsp3) is 0.538. The summed E-state index contributed by atoms with van der Waals surface area (Å²) in [5.74, 6) is 0.119. The molecule has 1 heterocycles. The molecule has 18 heavy (non-hydrogen) atoms. The highest BCUT2D eigenvalue weighted by Crippen LogP contribution is 2.23. The van der Waals surface area contributed by atoms with Crippen molar-refractivity contribution in [1.29, 1.82) is 0 Å². The number of carboxylic acid groups (broad SMARTS) is 1. The number of unbranched alkanes of at least 4 members (excludes halogenated alkanes) is 1. The number of carboxylic acids is 1. The van der Waals surface area contributed by atoms with E-state index in [-0.39, 0.29) is 10.6 Å². The molecule has 0 unspecified atom stereocenters. The summed E-state index contributed by atoms with van der Waals surface area (Å²) in [7, 11) is 0. The number of nitrogens with zero attached hydrogens (tertiary/aromatic N) is 1. The summed E-state index contributed by atoms with van der Waals surface area (Å²) < 4.78 is 0. The number of anilines is 1. The molecule has 0 amide bonds. The zero-order valence-corrected chi connectivity index (χ0v) is 11.5. The Morgan fingerprint density at radius 3 is 2.83 bits per heavy atom. The van der Waals surface area contributed by atoms with Crippen molar-refractivity contribution >= 4 is 23.4 Å². The molecule has 0 aliphatic carbocycles. The molecule has 2 N–H and O–H groups in total. The van der Waals surface area contributed by atoms with Crippen LogP contribution < -0.4 is 5.32 Å². The average Bonchev–Trinajstić information content (AvgIpc) is 2.30. The van der Waals surface area contributed by atoms with Gasteiger partial charge in [-0.25, -0.2) is 9.78 Å². The first-order valence-electron chi connectivity index (χ1n) is 6.14. The van der Waals surface area contributed by atoms with Crippen LogP contribution in [0.4, 0.5) is 5.82 Å². The van der Waals surface area contributed by atoms with Gasteiger partial charge in [-0.1, -0.05) is 38.3 Å². The van der Waals surface area contributed by atoms with Gasteiger partial charge >= 0.3 is 5.97 Å². The molecule has 0 saturated carbocycles. The Morgan fingerprint density at radius 1 is 1.50 bits per heavy atom. The molecule has 4 nitrogen and oxygen atoms in total. The molecule has 0 spiro atoms. The number of aromatic nitrogens is 1. The number of rotatable bonds is 7. The van der Waals surface area contributed by atoms with Gasteiger partial charge in [0.05, 0.1) is 10.6 Å². The number of halogens is 1. The fourth-order valence-corrected chi connectivity index (χ4v) is 1.88. The van der Waals surface area contributed by atoms with Crippen LogP contribution >= 0.6 is 11.6 Å². The first-order chi connectivity index (χ1) is 8.52. The molecule has 5 heteroatoms. The molecule has 0 aliphatic rings. The molecular weight excluding hydrogens is 252 g/mol. The molecule has 1 aromatic heterocycles. The Labute approximate surface area is 112 Å². The number of hydrogen-bond acceptors (Lipinski definition) is 3. The summed E-state index contributed by atoms with van der Waals surface area (Å²) in [4.78, 5) is 14.9. The third-order valence-electron chi connectivity index (χ3n) is 2.62. The van der Waals surface area contributed by atoms with Gasteiger partial charge in [0.15, 0.2) is 0 Å². The van der Waals surface area contributed by atoms with Gasteiger partial charge in [-0.15, -0.1) is 0 Å². The number of pyridine rings is 1. The zero-order chi connectivity index (χ0) is 13.5. The summed E-state index contributed by atoms with van der Waals surface area (Å²) in [5, 5.41) is 12.2. The summed E-state index contributed by atoms with van der Waals surface area (Å²) in [6.07, 6.45) is 4.80. The molecule has 100 valence electrons. The maximum atomic E-state index is 10.9. The Kier molecular flexibility index (Phi) is 5.92. The van der Waals surface area contributed by atoms with Crippen molar-refractivity contribution < 1.29 is 9.90 Å². The Hall–Kier alpha value is -1.29. The smallest absolute Gasteiger partial charge is 0.337 e. The lowest BCUT2D eigenvalue weighted by molar-refractivity contribution is 0.0697. The largest absolute Gasteiger partial charge is 0.478 e. The van der Waals surface area contributed by atoms with Crippen molar-refractivity contribution in [2.45, 2.75) is 33.1 Å². The first kappa shape index (κ1) is 14.8. The monoisotopic (exact) mass is 270 g/mol. The Morgan fingerprint density at radius 2 is 2.22 bits per heavy atom. The predicted octanol–water partition coefficient (Wildman–Crippen LogP) is 3.67. The second-order valence-corrected chi connectivity index (χ2v) is 5.02. The molecule has 0 bridgehead atoms. The molecule has 1 rings (SSSR count). The highest BCUT2D eigenvalue weighted by molar-refractivity contribution is 6.35. The second-order valence-electron chi connectivity index (χ2n) is 4.64. The fourth-order valence-electron chi connectivity index (χ4n) is 1.62. The Bertz CT molecular complexity index is 408. The molecule has 0 atom stereocenters. The number of nitrogens with one attached hydrogen (secondary N) is 1. The van der Waals surface area contributed by atoms with Crippen LogP contribution in [0.5, 0.6) is 0 Å². The van der Waals surface area contributed by atoms with Crippen molar-refractivity contribution in [3.8, 4) is 0 Å². The standard InChI is InChI=1S/C13H19ClN2O2/c1-9(2)5-3-4-7-15-12-11(14)10(13(17)18)6-8-16-12/h6,8-9H,3-5,7H2,1-2H3,(H,15,16)(H,17,18). The van der Waals surface area contributed by atoms with Gasteiger partial charge in [0.2, 0.25) is 0 Å². The van der Waals surface area contributed by atoms with Crippen molar-refractivity contribution in [2.24, 2.45) is 5.92 Å². The van der Waals surface area contributed by atoms with Gasteiger partial charge in [-0.2, -0.15) is 0 Å². The van der Waals surface area contributed by atoms with Crippen LogP contribution in [0.1, 0.15) is 43.5 Å². The quantitative estimate of drug-likeness (QED) is 0.742. The van der Waals surface area contributed by atoms with Crippen molar-refractivity contribution in [1.82, 2.24) is 4.98 Å². The van der Waals surface area contributed by atoms with E-state index in [0.29, 0.717) is 11.7 Å². The number of hydrogen-bond donors (Lipinski definition) is 2. The lowest BCUT2D eigenvalue weighted by atomic mass is 10.1. The van der Waals surface area contributed by atoms with Crippen LogP contribution in [0.2, 0.25) is 5.02 Å². The van der Waals surface area contributed by atoms with Crippen molar-refractivity contribution in [3.63, 3.8) is 0 Å². The molecule has 1 aromatic rings. The summed E-state index contributed by atoms with van der Waals surface area (Å²) in [6.45, 7) is 5.15. The van der Waals surface area contributed by atoms with Crippen molar-refractivity contribution in [3.05, 3.63) is 22.8 Å². The summed E-state index contributed by atoms with van der Waals surface area (Å²) in [6, 6.07) is 1.40. The molecule has 0 saturated heterocycles. The van der Waals surface area contributed by atoms with E-state index in [9.17, 15) is 4.79 Å². The molecular formula is C13H19ClN2O2. The molecule has 0 aromatic carbocycles. The minimum absolute atomic E-state index is 0.0800. The minimum Gasteiger partial charge on any atom is -0.478 e. The molecule has 0 radical (unpaired) electrons. The van der Waals surface area contributed by atoms with E-state index in [1.165, 1.54) is 18.7 Å². The van der Waals surface area contributed by atoms with Gasteiger partial charge in [-0.3, -0.25) is 0 Å². The lowest BCUT2D eigenvalue weighted by Gasteiger charge is -2.09. The van der Waals surface area contributed by atoms with Gasteiger partial charge in [0, 0.05) is 12.7 Å². The minimum atomic E-state index is -1.04. The normalized spacial score (nSPS) is 10.7. The third kappa shape index (κ3) is 4.53. The summed E-state index contributed by atoms with van der Waals surface area (Å²) in [5.41, 5.74) is 0.0800. The van der Waals surface area contributed by atoms with E-state index in [2.05, 4.69) is 24.1 Å². The highest BCUT2D eigenvalue weighted by Gasteiger charge is 2.12. The van der Waals surface area contributed by atoms with Gasteiger partial charge in [0.25, 0.3) is 0 Å². The maximum absolute atomic E-state index is 10.9. The van der Waals surface area contributed by atoms with Crippen LogP contribution in [0, 0.1) is 5.92 Å². The van der Waals surface area contributed by atoms with Crippen LogP contribution in [0.15, 0.2) is 12.3 Å². The molecule has 0 fully saturated rings. The maximum Gasteiger partial charge on any atom is 0.337 e. The topological polar surface area (TPSA) is 62.2 Å². The second kappa shape index (κ2) is 7.21. The van der Waals surface area contributed by atoms with E-state index in [1.54, 1.807) is 0 Å². The first-order valence-corrected chi connectivity index (χ1v) is 6.51. The highest BCUT2D eigenvalue weighted by atomic mass is 35.5. The van der Waals surface area contributed by atoms with Crippen molar-refractivity contribution in [2.75, 3.05) is 11.9 Å². The van der Waals surface area contributed by atoms with Gasteiger partial charge in [0.1, 0.15) is 5.82 Å². The third-order valence-corrected chi connectivity index (χ3v) is 3.00. The SMILES string of the molecule is CC(C)CCCCNc1nccc(C(=O)O)c1Cl. The van der Waals surface area contributed by atoms with Crippen LogP contribution in [0.3, 0.4) is 0 Å². The van der Waals surface area contributed by atoms with Crippen LogP contribution in [0.25, 0.3) is 0 Å². The van der Waals surface area contributed by atoms with Gasteiger partial charge < -0.3 is 10.4 Å². The van der Waals surface area contributed by atoms with E-state index in [4.69, 9.17) is 16.7 Å². The average molecular weight is 271 g/mol. The van der Waals surface area contributed by atoms with E-state index < -0.39 is 5.97 Å². The lowest BCUT2D eigenvalue weighted by Crippen LogP contribution is -2.07. The number of aromatic carboxylic acids is 1. The van der Waals surface area contributed by atoms with Gasteiger partial charge in [-0.05, 0) is 18.4 Å². The zero-order valence-electron chi connectivity index (χ0n) is 10.7. The van der Waals surface area contributed by atoms with E-state index in [1.807, 2.05) is 0 Å². The summed E-state index contributed by atoms with van der Waals surface area (Å²) >= 11 is 5.96. The van der Waals surface area contributed by atoms with E-state index >= 15 is 0 Å². The van der Waals surface area contributed by atoms with E-state index in [0.717, 1.165) is 19.4 Å². The number of carbonyl (C=O) groups is 1. The Balaban J connectivity index is 2.48. The molecule has 0 aliphatic heterocycles. The van der Waals surface area contributed by atoms with Crippen LogP contribution in [-0.2, 0) is 0 Å².